The first-order valence-corrected chi connectivity index (χ1v) is 6.20. The number of ketones is 1. The number of Topliss-reactive ketones (excluding diaryl/α,β-unsaturated/α-hetero) is 1. The Kier molecular flexibility index (Phi) is 2.74. The highest BCUT2D eigenvalue weighted by molar-refractivity contribution is 5.82. The van der Waals surface area contributed by atoms with Crippen LogP contribution in [0.15, 0.2) is 12.2 Å². The highest BCUT2D eigenvalue weighted by Gasteiger charge is 2.49. The van der Waals surface area contributed by atoms with Crippen molar-refractivity contribution in [3.05, 3.63) is 12.2 Å². The van der Waals surface area contributed by atoms with Gasteiger partial charge < -0.3 is 0 Å². The van der Waals surface area contributed by atoms with Gasteiger partial charge in [-0.3, -0.25) is 4.79 Å². The smallest absolute Gasteiger partial charge is 0.136 e. The van der Waals surface area contributed by atoms with Gasteiger partial charge in [0.2, 0.25) is 0 Å². The average Bonchev–Trinajstić information content (AvgIpc) is 2.18. The van der Waals surface area contributed by atoms with Crippen molar-refractivity contribution in [2.45, 2.75) is 52.4 Å². The Labute approximate surface area is 92.9 Å². The summed E-state index contributed by atoms with van der Waals surface area (Å²) in [5, 5.41) is 0. The Bertz CT molecular complexity index is 288. The van der Waals surface area contributed by atoms with Gasteiger partial charge in [-0.05, 0) is 43.4 Å². The van der Waals surface area contributed by atoms with Crippen molar-refractivity contribution in [2.75, 3.05) is 0 Å². The van der Waals surface area contributed by atoms with E-state index >= 15 is 0 Å². The van der Waals surface area contributed by atoms with Crippen LogP contribution in [0.5, 0.6) is 0 Å². The normalized spacial score (nSPS) is 35.9. The molecule has 0 radical (unpaired) electrons. The van der Waals surface area contributed by atoms with Crippen LogP contribution in [0.4, 0.5) is 0 Å². The molecule has 0 unspecified atom stereocenters. The third kappa shape index (κ3) is 2.02. The Morgan fingerprint density at radius 2 is 2.00 bits per heavy atom. The van der Waals surface area contributed by atoms with E-state index in [0.29, 0.717) is 23.0 Å². The van der Waals surface area contributed by atoms with Crippen molar-refractivity contribution >= 4 is 5.78 Å². The third-order valence-corrected chi connectivity index (χ3v) is 4.41. The van der Waals surface area contributed by atoms with E-state index in [2.05, 4.69) is 20.4 Å². The summed E-state index contributed by atoms with van der Waals surface area (Å²) < 4.78 is 0. The van der Waals surface area contributed by atoms with Gasteiger partial charge in [0.15, 0.2) is 0 Å². The van der Waals surface area contributed by atoms with E-state index in [-0.39, 0.29) is 0 Å². The van der Waals surface area contributed by atoms with Crippen molar-refractivity contribution in [2.24, 2.45) is 17.3 Å². The standard InChI is InChI=1S/C14H22O/c1-10-5-4-6-13(15)11-9-14(2,3)12(11)8-7-10/h11-12H,1,4-9H2,2-3H3/t11-,12-/m1/s1. The molecule has 0 spiro atoms. The van der Waals surface area contributed by atoms with Crippen LogP contribution in [-0.2, 0) is 4.79 Å². The van der Waals surface area contributed by atoms with Crippen molar-refractivity contribution in [1.82, 2.24) is 0 Å². The lowest BCUT2D eigenvalue weighted by Gasteiger charge is -2.51. The monoisotopic (exact) mass is 206 g/mol. The second kappa shape index (κ2) is 3.77. The van der Waals surface area contributed by atoms with Crippen molar-refractivity contribution in [3.8, 4) is 0 Å². The highest BCUT2D eigenvalue weighted by atomic mass is 16.1. The van der Waals surface area contributed by atoms with Gasteiger partial charge in [-0.1, -0.05) is 26.0 Å². The maximum Gasteiger partial charge on any atom is 0.136 e. The van der Waals surface area contributed by atoms with Crippen LogP contribution in [0.3, 0.4) is 0 Å². The Hall–Kier alpha value is -0.590. The molecule has 1 nitrogen and oxygen atoms in total. The largest absolute Gasteiger partial charge is 0.299 e. The molecule has 2 aliphatic rings. The molecule has 0 bridgehead atoms. The third-order valence-electron chi connectivity index (χ3n) is 4.41. The average molecular weight is 206 g/mol. The minimum absolute atomic E-state index is 0.380. The molecule has 0 heterocycles. The second-order valence-corrected chi connectivity index (χ2v) is 6.01. The summed E-state index contributed by atoms with van der Waals surface area (Å²) in [5.74, 6) is 1.53. The van der Waals surface area contributed by atoms with Crippen LogP contribution in [-0.4, -0.2) is 5.78 Å². The lowest BCUT2D eigenvalue weighted by Crippen LogP contribution is -2.47. The fourth-order valence-electron chi connectivity index (χ4n) is 3.36. The number of hydrogen-bond acceptors (Lipinski definition) is 1. The van der Waals surface area contributed by atoms with Crippen molar-refractivity contribution in [3.63, 3.8) is 0 Å². The first-order valence-electron chi connectivity index (χ1n) is 6.20. The van der Waals surface area contributed by atoms with Crippen LogP contribution < -0.4 is 0 Å². The van der Waals surface area contributed by atoms with Crippen LogP contribution in [0, 0.1) is 17.3 Å². The van der Waals surface area contributed by atoms with E-state index in [0.717, 1.165) is 32.1 Å². The molecule has 0 aromatic heterocycles. The fraction of sp³-hybridized carbons (Fsp3) is 0.786. The predicted octanol–water partition coefficient (Wildman–Crippen LogP) is 3.74. The van der Waals surface area contributed by atoms with E-state index in [9.17, 15) is 4.79 Å². The molecule has 0 aromatic rings. The van der Waals surface area contributed by atoms with Gasteiger partial charge in [-0.25, -0.2) is 0 Å². The molecular weight excluding hydrogens is 184 g/mol. The van der Waals surface area contributed by atoms with E-state index in [4.69, 9.17) is 0 Å². The molecule has 15 heavy (non-hydrogen) atoms. The lowest BCUT2D eigenvalue weighted by molar-refractivity contribution is -0.136. The zero-order valence-electron chi connectivity index (χ0n) is 10.0. The molecule has 0 aromatic carbocycles. The Balaban J connectivity index is 2.10. The number of allylic oxidation sites excluding steroid dienone is 1. The molecule has 2 saturated carbocycles. The molecule has 0 aliphatic heterocycles. The summed E-state index contributed by atoms with van der Waals surface area (Å²) in [6.07, 6.45) is 6.31. The van der Waals surface area contributed by atoms with Crippen LogP contribution in [0.1, 0.15) is 52.4 Å². The Morgan fingerprint density at radius 3 is 2.67 bits per heavy atom. The van der Waals surface area contributed by atoms with Crippen LogP contribution >= 0.6 is 0 Å². The van der Waals surface area contributed by atoms with E-state index in [1.807, 2.05) is 0 Å². The number of carbonyl (C=O) groups is 1. The van der Waals surface area contributed by atoms with Gasteiger partial charge in [-0.2, -0.15) is 0 Å². The molecule has 2 aliphatic carbocycles. The van der Waals surface area contributed by atoms with E-state index in [1.54, 1.807) is 0 Å². The molecule has 0 N–H and O–H groups in total. The van der Waals surface area contributed by atoms with Gasteiger partial charge in [-0.15, -0.1) is 0 Å². The number of rotatable bonds is 0. The fourth-order valence-corrected chi connectivity index (χ4v) is 3.36. The summed E-state index contributed by atoms with van der Waals surface area (Å²) in [6, 6.07) is 0. The molecule has 1 heteroatoms. The highest BCUT2D eigenvalue weighted by Crippen LogP contribution is 2.54. The van der Waals surface area contributed by atoms with Crippen molar-refractivity contribution in [1.29, 1.82) is 0 Å². The summed E-state index contributed by atoms with van der Waals surface area (Å²) in [4.78, 5) is 11.9. The minimum Gasteiger partial charge on any atom is -0.299 e. The summed E-state index contributed by atoms with van der Waals surface area (Å²) in [5.41, 5.74) is 1.75. The predicted molar refractivity (Wildman–Crippen MR) is 62.6 cm³/mol. The second-order valence-electron chi connectivity index (χ2n) is 6.01. The van der Waals surface area contributed by atoms with Gasteiger partial charge in [0.05, 0.1) is 0 Å². The summed E-state index contributed by atoms with van der Waals surface area (Å²) >= 11 is 0. The maximum atomic E-state index is 11.9. The molecule has 84 valence electrons. The van der Waals surface area contributed by atoms with Gasteiger partial charge in [0.25, 0.3) is 0 Å². The van der Waals surface area contributed by atoms with Gasteiger partial charge in [0.1, 0.15) is 5.78 Å². The number of fused-ring (bicyclic) bond motifs is 1. The molecule has 2 rings (SSSR count). The maximum absolute atomic E-state index is 11.9. The van der Waals surface area contributed by atoms with Gasteiger partial charge >= 0.3 is 0 Å². The molecular formula is C14H22O. The van der Waals surface area contributed by atoms with Crippen LogP contribution in [0.25, 0.3) is 0 Å². The van der Waals surface area contributed by atoms with E-state index in [1.165, 1.54) is 12.0 Å². The molecule has 2 fully saturated rings. The van der Waals surface area contributed by atoms with Crippen LogP contribution in [0.2, 0.25) is 0 Å². The Morgan fingerprint density at radius 1 is 1.27 bits per heavy atom. The first-order chi connectivity index (χ1) is 7.00. The zero-order chi connectivity index (χ0) is 11.1. The topological polar surface area (TPSA) is 17.1 Å². The van der Waals surface area contributed by atoms with Gasteiger partial charge in [0, 0.05) is 12.3 Å². The quantitative estimate of drug-likeness (QED) is 0.552. The molecule has 2 atom stereocenters. The minimum atomic E-state index is 0.380. The summed E-state index contributed by atoms with van der Waals surface area (Å²) in [6.45, 7) is 8.72. The number of carbonyl (C=O) groups excluding carboxylic acids is 1. The molecule has 0 amide bonds. The number of hydrogen-bond donors (Lipinski definition) is 0. The summed E-state index contributed by atoms with van der Waals surface area (Å²) in [7, 11) is 0. The van der Waals surface area contributed by atoms with E-state index < -0.39 is 0 Å². The lowest BCUT2D eigenvalue weighted by atomic mass is 9.53. The first kappa shape index (κ1) is 10.9. The molecule has 0 saturated heterocycles. The SMILES string of the molecule is C=C1CCCC(=O)[C@@H]2CC(C)(C)[C@@H]2CC1. The van der Waals surface area contributed by atoms with Crippen molar-refractivity contribution < 1.29 is 4.79 Å². The zero-order valence-corrected chi connectivity index (χ0v) is 10.0.